The standard InChI is InChI=1S/C18H18BrNO5S/c1-12-2-4-15(14(19)10-12)20-18(21)6-9-26(22,23)13-3-5-16-17(11-13)25-8-7-24-16/h2-5,10-11H,6-9H2,1H3,(H,20,21). The second-order valence-corrected chi connectivity index (χ2v) is 8.87. The van der Waals surface area contributed by atoms with E-state index in [1.807, 2.05) is 19.1 Å². The van der Waals surface area contributed by atoms with Crippen molar-refractivity contribution in [3.8, 4) is 11.5 Å². The maximum absolute atomic E-state index is 12.5. The maximum atomic E-state index is 12.5. The Morgan fingerprint density at radius 3 is 2.58 bits per heavy atom. The van der Waals surface area contributed by atoms with Gasteiger partial charge in [-0.25, -0.2) is 8.42 Å². The number of aryl methyl sites for hydroxylation is 1. The Bertz CT molecular complexity index is 943. The fraction of sp³-hybridized carbons (Fsp3) is 0.278. The second-order valence-electron chi connectivity index (χ2n) is 5.91. The number of rotatable bonds is 5. The summed E-state index contributed by atoms with van der Waals surface area (Å²) >= 11 is 3.38. The quantitative estimate of drug-likeness (QED) is 0.772. The topological polar surface area (TPSA) is 81.7 Å². The third-order valence-electron chi connectivity index (χ3n) is 3.87. The van der Waals surface area contributed by atoms with Gasteiger partial charge >= 0.3 is 0 Å². The number of sulfone groups is 1. The van der Waals surface area contributed by atoms with Gasteiger partial charge in [-0.05, 0) is 52.7 Å². The Labute approximate surface area is 160 Å². The number of benzene rings is 2. The minimum atomic E-state index is -3.61. The Balaban J connectivity index is 1.65. The summed E-state index contributed by atoms with van der Waals surface area (Å²) in [6, 6.07) is 10.0. The van der Waals surface area contributed by atoms with E-state index in [1.165, 1.54) is 12.1 Å². The van der Waals surface area contributed by atoms with E-state index in [4.69, 9.17) is 9.47 Å². The number of amides is 1. The van der Waals surface area contributed by atoms with Gasteiger partial charge in [0.15, 0.2) is 21.3 Å². The van der Waals surface area contributed by atoms with Gasteiger partial charge in [0.1, 0.15) is 13.2 Å². The first-order valence-corrected chi connectivity index (χ1v) is 10.5. The molecule has 2 aromatic carbocycles. The van der Waals surface area contributed by atoms with Crippen molar-refractivity contribution in [1.29, 1.82) is 0 Å². The number of hydrogen-bond acceptors (Lipinski definition) is 5. The van der Waals surface area contributed by atoms with Crippen LogP contribution in [-0.4, -0.2) is 33.3 Å². The van der Waals surface area contributed by atoms with Crippen LogP contribution in [0, 0.1) is 6.92 Å². The predicted octanol–water partition coefficient (Wildman–Crippen LogP) is 3.33. The van der Waals surface area contributed by atoms with Crippen molar-refractivity contribution in [1.82, 2.24) is 0 Å². The minimum Gasteiger partial charge on any atom is -0.486 e. The lowest BCUT2D eigenvalue weighted by Crippen LogP contribution is -2.18. The number of carbonyl (C=O) groups excluding carboxylic acids is 1. The molecular formula is C18H18BrNO5S. The van der Waals surface area contributed by atoms with Gasteiger partial charge in [-0.2, -0.15) is 0 Å². The smallest absolute Gasteiger partial charge is 0.225 e. The number of hydrogen-bond donors (Lipinski definition) is 1. The molecule has 0 spiro atoms. The lowest BCUT2D eigenvalue weighted by Gasteiger charge is -2.18. The zero-order valence-electron chi connectivity index (χ0n) is 14.1. The van der Waals surface area contributed by atoms with Gasteiger partial charge in [-0.1, -0.05) is 6.07 Å². The van der Waals surface area contributed by atoms with Crippen molar-refractivity contribution in [2.24, 2.45) is 0 Å². The van der Waals surface area contributed by atoms with E-state index in [0.29, 0.717) is 30.4 Å². The van der Waals surface area contributed by atoms with Crippen LogP contribution in [0.5, 0.6) is 11.5 Å². The fourth-order valence-corrected chi connectivity index (χ4v) is 4.34. The summed E-state index contributed by atoms with van der Waals surface area (Å²) in [5.74, 6) is 0.278. The molecule has 3 rings (SSSR count). The summed E-state index contributed by atoms with van der Waals surface area (Å²) in [6.07, 6.45) is -0.142. The number of fused-ring (bicyclic) bond motifs is 1. The number of nitrogens with one attached hydrogen (secondary N) is 1. The Morgan fingerprint density at radius 2 is 1.85 bits per heavy atom. The molecule has 0 saturated carbocycles. The SMILES string of the molecule is Cc1ccc(NC(=O)CCS(=O)(=O)c2ccc3c(c2)OCCO3)c(Br)c1. The molecule has 138 valence electrons. The highest BCUT2D eigenvalue weighted by molar-refractivity contribution is 9.10. The Kier molecular flexibility index (Phi) is 5.52. The molecule has 2 aromatic rings. The molecule has 0 aliphatic carbocycles. The average molecular weight is 440 g/mol. The first-order chi connectivity index (χ1) is 12.3. The summed E-state index contributed by atoms with van der Waals surface area (Å²) in [4.78, 5) is 12.2. The van der Waals surface area contributed by atoms with Gasteiger partial charge in [-0.15, -0.1) is 0 Å². The first-order valence-electron chi connectivity index (χ1n) is 8.03. The van der Waals surface area contributed by atoms with E-state index in [1.54, 1.807) is 12.1 Å². The normalized spacial score (nSPS) is 13.3. The van der Waals surface area contributed by atoms with Crippen molar-refractivity contribution < 1.29 is 22.7 Å². The molecule has 1 heterocycles. The molecule has 1 aliphatic heterocycles. The highest BCUT2D eigenvalue weighted by Crippen LogP contribution is 2.32. The maximum Gasteiger partial charge on any atom is 0.225 e. The number of carbonyl (C=O) groups is 1. The summed E-state index contributed by atoms with van der Waals surface area (Å²) in [5.41, 5.74) is 1.66. The van der Waals surface area contributed by atoms with Crippen LogP contribution < -0.4 is 14.8 Å². The molecular weight excluding hydrogens is 422 g/mol. The summed E-state index contributed by atoms with van der Waals surface area (Å²) in [6.45, 7) is 2.76. The monoisotopic (exact) mass is 439 g/mol. The molecule has 1 aliphatic rings. The fourth-order valence-electron chi connectivity index (χ4n) is 2.50. The molecule has 0 aromatic heterocycles. The van der Waals surface area contributed by atoms with Gasteiger partial charge < -0.3 is 14.8 Å². The third kappa shape index (κ3) is 4.37. The molecule has 0 atom stereocenters. The Hall–Kier alpha value is -2.06. The number of ether oxygens (including phenoxy) is 2. The largest absolute Gasteiger partial charge is 0.486 e. The van der Waals surface area contributed by atoms with Crippen LogP contribution in [0.2, 0.25) is 0 Å². The minimum absolute atomic E-state index is 0.117. The molecule has 0 bridgehead atoms. The summed E-state index contributed by atoms with van der Waals surface area (Å²) in [7, 11) is -3.61. The average Bonchev–Trinajstić information content (AvgIpc) is 2.62. The van der Waals surface area contributed by atoms with Crippen molar-refractivity contribution in [2.75, 3.05) is 24.3 Å². The molecule has 8 heteroatoms. The summed E-state index contributed by atoms with van der Waals surface area (Å²) in [5, 5.41) is 2.72. The van der Waals surface area contributed by atoms with Crippen LogP contribution >= 0.6 is 15.9 Å². The van der Waals surface area contributed by atoms with Crippen LogP contribution in [-0.2, 0) is 14.6 Å². The molecule has 0 fully saturated rings. The van der Waals surface area contributed by atoms with Crippen molar-refractivity contribution in [2.45, 2.75) is 18.2 Å². The zero-order valence-corrected chi connectivity index (χ0v) is 16.5. The molecule has 0 radical (unpaired) electrons. The van der Waals surface area contributed by atoms with Crippen LogP contribution in [0.4, 0.5) is 5.69 Å². The van der Waals surface area contributed by atoms with Crippen LogP contribution in [0.25, 0.3) is 0 Å². The highest BCUT2D eigenvalue weighted by atomic mass is 79.9. The third-order valence-corrected chi connectivity index (χ3v) is 6.24. The lowest BCUT2D eigenvalue weighted by atomic mass is 10.2. The van der Waals surface area contributed by atoms with E-state index in [-0.39, 0.29) is 23.0 Å². The lowest BCUT2D eigenvalue weighted by molar-refractivity contribution is -0.115. The van der Waals surface area contributed by atoms with Crippen LogP contribution in [0.15, 0.2) is 45.8 Å². The van der Waals surface area contributed by atoms with E-state index >= 15 is 0 Å². The summed E-state index contributed by atoms with van der Waals surface area (Å²) < 4.78 is 36.6. The van der Waals surface area contributed by atoms with E-state index in [0.717, 1.165) is 10.0 Å². The number of halogens is 1. The molecule has 26 heavy (non-hydrogen) atoms. The van der Waals surface area contributed by atoms with Gasteiger partial charge in [0.25, 0.3) is 0 Å². The molecule has 6 nitrogen and oxygen atoms in total. The van der Waals surface area contributed by atoms with Crippen molar-refractivity contribution in [3.63, 3.8) is 0 Å². The molecule has 0 saturated heterocycles. The molecule has 0 unspecified atom stereocenters. The highest BCUT2D eigenvalue weighted by Gasteiger charge is 2.20. The van der Waals surface area contributed by atoms with E-state index in [9.17, 15) is 13.2 Å². The van der Waals surface area contributed by atoms with Crippen molar-refractivity contribution >= 4 is 37.4 Å². The van der Waals surface area contributed by atoms with Gasteiger partial charge in [0, 0.05) is 17.0 Å². The van der Waals surface area contributed by atoms with Gasteiger partial charge in [-0.3, -0.25) is 4.79 Å². The van der Waals surface area contributed by atoms with Gasteiger partial charge in [0.2, 0.25) is 5.91 Å². The van der Waals surface area contributed by atoms with Crippen LogP contribution in [0.1, 0.15) is 12.0 Å². The molecule has 1 amide bonds. The van der Waals surface area contributed by atoms with E-state index in [2.05, 4.69) is 21.2 Å². The predicted molar refractivity (Wildman–Crippen MR) is 102 cm³/mol. The zero-order chi connectivity index (χ0) is 18.7. The second kappa shape index (κ2) is 7.67. The first kappa shape index (κ1) is 18.7. The number of anilines is 1. The van der Waals surface area contributed by atoms with E-state index < -0.39 is 9.84 Å². The molecule has 1 N–H and O–H groups in total. The van der Waals surface area contributed by atoms with Crippen molar-refractivity contribution in [3.05, 3.63) is 46.4 Å². The van der Waals surface area contributed by atoms with Crippen LogP contribution in [0.3, 0.4) is 0 Å². The Morgan fingerprint density at radius 1 is 1.12 bits per heavy atom. The van der Waals surface area contributed by atoms with Gasteiger partial charge in [0.05, 0.1) is 16.3 Å².